The third-order valence-corrected chi connectivity index (χ3v) is 6.57. The normalized spacial score (nSPS) is 15.4. The van der Waals surface area contributed by atoms with E-state index in [-0.39, 0.29) is 5.92 Å². The minimum Gasteiger partial charge on any atom is -0.468 e. The highest BCUT2D eigenvalue weighted by molar-refractivity contribution is 6.03. The van der Waals surface area contributed by atoms with Crippen molar-refractivity contribution in [3.8, 4) is 0 Å². The number of hydrogen-bond donors (Lipinski definition) is 2. The topological polar surface area (TPSA) is 44.7 Å². The van der Waals surface area contributed by atoms with E-state index in [1.54, 1.807) is 6.26 Å². The Labute approximate surface area is 185 Å². The van der Waals surface area contributed by atoms with E-state index in [1.807, 2.05) is 6.07 Å². The van der Waals surface area contributed by atoms with Gasteiger partial charge in [0.25, 0.3) is 0 Å². The van der Waals surface area contributed by atoms with Crippen LogP contribution in [0.25, 0.3) is 33.5 Å². The van der Waals surface area contributed by atoms with Crippen LogP contribution in [0.2, 0.25) is 0 Å². The van der Waals surface area contributed by atoms with Crippen LogP contribution in [0.15, 0.2) is 102 Å². The van der Waals surface area contributed by atoms with Gasteiger partial charge in [0.1, 0.15) is 5.76 Å². The maximum absolute atomic E-state index is 6.07. The fraction of sp³-hybridized carbons (Fsp3) is 0.0345. The Morgan fingerprint density at radius 1 is 0.625 bits per heavy atom. The molecule has 32 heavy (non-hydrogen) atoms. The molecule has 3 heterocycles. The minimum atomic E-state index is -0.0280. The molecule has 6 aromatic rings. The summed E-state index contributed by atoms with van der Waals surface area (Å²) in [5, 5.41) is 2.45. The van der Waals surface area contributed by atoms with Crippen LogP contribution in [0.1, 0.15) is 39.8 Å². The second-order valence-corrected chi connectivity index (χ2v) is 8.33. The summed E-state index contributed by atoms with van der Waals surface area (Å²) in [6, 6.07) is 31.8. The van der Waals surface area contributed by atoms with Crippen molar-refractivity contribution in [2.24, 2.45) is 0 Å². The van der Waals surface area contributed by atoms with E-state index in [9.17, 15) is 0 Å². The molecule has 0 saturated carbocycles. The van der Waals surface area contributed by atoms with Crippen molar-refractivity contribution in [3.63, 3.8) is 0 Å². The van der Waals surface area contributed by atoms with Crippen LogP contribution in [0.4, 0.5) is 0 Å². The maximum Gasteiger partial charge on any atom is 0.115 e. The van der Waals surface area contributed by atoms with Gasteiger partial charge >= 0.3 is 0 Å². The molecule has 152 valence electrons. The van der Waals surface area contributed by atoms with Gasteiger partial charge in [-0.25, -0.2) is 0 Å². The standard InChI is InChI=1S/C29H20N2O/c1-2-9-18(10-3-1)21-17-24-26(19-11-4-6-13-22(19)30-24)28(25-15-8-16-32-25)27-20-12-5-7-14-23(20)31-29(21)27/h1-17,28,30-31H. The molecule has 3 aromatic carbocycles. The average molecular weight is 412 g/mol. The molecule has 3 heteroatoms. The molecule has 3 nitrogen and oxygen atoms in total. The molecule has 1 aliphatic rings. The number of hydrogen-bond acceptors (Lipinski definition) is 1. The van der Waals surface area contributed by atoms with Crippen LogP contribution in [0, 0.1) is 0 Å². The lowest BCUT2D eigenvalue weighted by molar-refractivity contribution is 0.504. The molecule has 1 unspecified atom stereocenters. The molecule has 1 atom stereocenters. The van der Waals surface area contributed by atoms with E-state index in [0.29, 0.717) is 0 Å². The fourth-order valence-electron chi connectivity index (χ4n) is 5.23. The third-order valence-electron chi connectivity index (χ3n) is 6.57. The Bertz CT molecular complexity index is 1610. The van der Waals surface area contributed by atoms with Crippen LogP contribution in [0.5, 0.6) is 0 Å². The molecule has 0 radical (unpaired) electrons. The molecule has 0 fully saturated rings. The summed E-state index contributed by atoms with van der Waals surface area (Å²) in [6.07, 6.45) is 4.07. The quantitative estimate of drug-likeness (QED) is 0.307. The monoisotopic (exact) mass is 412 g/mol. The SMILES string of the molecule is C1=C(c2ccccc2)c2[nH]c3ccccc3c2C(c2ccco2)c2c1[nH]c1ccccc21. The number of nitrogens with one attached hydrogen (secondary N) is 2. The summed E-state index contributed by atoms with van der Waals surface area (Å²) in [7, 11) is 0. The Morgan fingerprint density at radius 3 is 2.06 bits per heavy atom. The summed E-state index contributed by atoms with van der Waals surface area (Å²) in [4.78, 5) is 7.43. The summed E-state index contributed by atoms with van der Waals surface area (Å²) >= 11 is 0. The first-order chi connectivity index (χ1) is 15.9. The first kappa shape index (κ1) is 17.4. The number of para-hydroxylation sites is 2. The van der Waals surface area contributed by atoms with Crippen LogP contribution in [0.3, 0.4) is 0 Å². The van der Waals surface area contributed by atoms with Gasteiger partial charge in [-0.15, -0.1) is 0 Å². The molecular formula is C29H20N2O. The van der Waals surface area contributed by atoms with Crippen molar-refractivity contribution >= 4 is 33.5 Å². The van der Waals surface area contributed by atoms with Gasteiger partial charge in [-0.05, 0) is 35.9 Å². The van der Waals surface area contributed by atoms with Gasteiger partial charge in [0.2, 0.25) is 0 Å². The highest BCUT2D eigenvalue weighted by Gasteiger charge is 2.33. The zero-order valence-corrected chi connectivity index (χ0v) is 17.3. The molecule has 0 spiro atoms. The highest BCUT2D eigenvalue weighted by atomic mass is 16.3. The predicted octanol–water partition coefficient (Wildman–Crippen LogP) is 7.32. The molecule has 0 aliphatic heterocycles. The molecule has 0 amide bonds. The van der Waals surface area contributed by atoms with Gasteiger partial charge in [0, 0.05) is 44.2 Å². The van der Waals surface area contributed by atoms with Crippen LogP contribution < -0.4 is 0 Å². The molecule has 3 aromatic heterocycles. The third kappa shape index (κ3) is 2.42. The van der Waals surface area contributed by atoms with Crippen molar-refractivity contribution in [3.05, 3.63) is 131 Å². The van der Waals surface area contributed by atoms with Gasteiger partial charge in [-0.3, -0.25) is 0 Å². The Hall–Kier alpha value is -4.24. The zero-order chi connectivity index (χ0) is 21.1. The van der Waals surface area contributed by atoms with E-state index in [2.05, 4.69) is 101 Å². The number of rotatable bonds is 2. The van der Waals surface area contributed by atoms with Crippen LogP contribution >= 0.6 is 0 Å². The second kappa shape index (κ2) is 6.63. The number of aromatic nitrogens is 2. The van der Waals surface area contributed by atoms with Gasteiger partial charge in [0.05, 0.1) is 17.9 Å². The molecule has 2 N–H and O–H groups in total. The van der Waals surface area contributed by atoms with Gasteiger partial charge < -0.3 is 14.4 Å². The molecule has 0 bridgehead atoms. The second-order valence-electron chi connectivity index (χ2n) is 8.33. The van der Waals surface area contributed by atoms with Crippen LogP contribution in [-0.4, -0.2) is 9.97 Å². The summed E-state index contributed by atoms with van der Waals surface area (Å²) < 4.78 is 6.07. The predicted molar refractivity (Wildman–Crippen MR) is 130 cm³/mol. The zero-order valence-electron chi connectivity index (χ0n) is 17.3. The van der Waals surface area contributed by atoms with E-state index >= 15 is 0 Å². The average Bonchev–Trinajstić information content (AvgIpc) is 3.56. The lowest BCUT2D eigenvalue weighted by Gasteiger charge is -2.16. The number of furan rings is 1. The van der Waals surface area contributed by atoms with Gasteiger partial charge in [-0.1, -0.05) is 66.7 Å². The summed E-state index contributed by atoms with van der Waals surface area (Å²) in [5.41, 5.74) is 9.43. The number of benzene rings is 3. The fourth-order valence-corrected chi connectivity index (χ4v) is 5.23. The van der Waals surface area contributed by atoms with Crippen molar-refractivity contribution in [1.82, 2.24) is 9.97 Å². The Morgan fingerprint density at radius 2 is 1.31 bits per heavy atom. The van der Waals surface area contributed by atoms with Crippen molar-refractivity contribution in [2.75, 3.05) is 0 Å². The summed E-state index contributed by atoms with van der Waals surface area (Å²) in [5.74, 6) is 0.921. The first-order valence-corrected chi connectivity index (χ1v) is 10.9. The highest BCUT2D eigenvalue weighted by Crippen LogP contribution is 2.48. The first-order valence-electron chi connectivity index (χ1n) is 10.9. The molecule has 0 saturated heterocycles. The minimum absolute atomic E-state index is 0.0280. The number of fused-ring (bicyclic) bond motifs is 6. The molecule has 1 aliphatic carbocycles. The summed E-state index contributed by atoms with van der Waals surface area (Å²) in [6.45, 7) is 0. The van der Waals surface area contributed by atoms with Crippen molar-refractivity contribution in [2.45, 2.75) is 5.92 Å². The van der Waals surface area contributed by atoms with E-state index in [1.165, 1.54) is 33.0 Å². The maximum atomic E-state index is 6.07. The van der Waals surface area contributed by atoms with Gasteiger partial charge in [0.15, 0.2) is 0 Å². The van der Waals surface area contributed by atoms with Crippen molar-refractivity contribution < 1.29 is 4.42 Å². The van der Waals surface area contributed by atoms with E-state index in [0.717, 1.165) is 28.2 Å². The Balaban J connectivity index is 1.67. The molecular weight excluding hydrogens is 392 g/mol. The number of H-pyrrole nitrogens is 2. The lowest BCUT2D eigenvalue weighted by atomic mass is 9.85. The number of aromatic amines is 2. The van der Waals surface area contributed by atoms with Crippen LogP contribution in [-0.2, 0) is 0 Å². The lowest BCUT2D eigenvalue weighted by Crippen LogP contribution is -2.04. The van der Waals surface area contributed by atoms with Crippen molar-refractivity contribution in [1.29, 1.82) is 0 Å². The largest absolute Gasteiger partial charge is 0.468 e. The van der Waals surface area contributed by atoms with Gasteiger partial charge in [-0.2, -0.15) is 0 Å². The van der Waals surface area contributed by atoms with E-state index < -0.39 is 0 Å². The smallest absolute Gasteiger partial charge is 0.115 e. The molecule has 7 rings (SSSR count). The Kier molecular flexibility index (Phi) is 3.61. The van der Waals surface area contributed by atoms with E-state index in [4.69, 9.17) is 4.42 Å².